The number of ether oxygens (including phenoxy) is 4. The number of nitriles is 1. The van der Waals surface area contributed by atoms with Crippen LogP contribution in [0.2, 0.25) is 0 Å². The van der Waals surface area contributed by atoms with Gasteiger partial charge in [0.05, 0.1) is 26.7 Å². The van der Waals surface area contributed by atoms with Gasteiger partial charge in [0, 0.05) is 6.54 Å². The Balaban J connectivity index is 1.65. The van der Waals surface area contributed by atoms with E-state index in [-0.39, 0.29) is 17.5 Å². The molecular formula is C29H34N2O6. The topological polar surface area (TPSA) is 107 Å². The Morgan fingerprint density at radius 2 is 1.73 bits per heavy atom. The second kappa shape index (κ2) is 13.9. The molecule has 0 heterocycles. The molecule has 0 radical (unpaired) electrons. The van der Waals surface area contributed by atoms with Crippen molar-refractivity contribution in [3.8, 4) is 29.1 Å². The number of amides is 1. The lowest BCUT2D eigenvalue weighted by Gasteiger charge is -2.20. The quantitative estimate of drug-likeness (QED) is 0.201. The predicted molar refractivity (Wildman–Crippen MR) is 140 cm³/mol. The maximum Gasteiger partial charge on any atom is 0.314 e. The summed E-state index contributed by atoms with van der Waals surface area (Å²) < 4.78 is 21.9. The minimum Gasteiger partial charge on any atom is -0.493 e. The van der Waals surface area contributed by atoms with E-state index in [0.717, 1.165) is 37.7 Å². The molecule has 0 spiro atoms. The van der Waals surface area contributed by atoms with Gasteiger partial charge in [0.15, 0.2) is 23.0 Å². The van der Waals surface area contributed by atoms with Gasteiger partial charge in [0.1, 0.15) is 11.6 Å². The SMILES string of the molecule is CCOc1cc(/C=C(\C#N)C(=O)NCCc2ccc(OC)c(OC)c2)ccc1OC(=O)C1CCCCC1. The number of hydrogen-bond acceptors (Lipinski definition) is 7. The molecule has 1 N–H and O–H groups in total. The van der Waals surface area contributed by atoms with Gasteiger partial charge >= 0.3 is 5.97 Å². The monoisotopic (exact) mass is 506 g/mol. The van der Waals surface area contributed by atoms with Gasteiger partial charge in [0.25, 0.3) is 5.91 Å². The van der Waals surface area contributed by atoms with Crippen LogP contribution in [0.1, 0.15) is 50.2 Å². The van der Waals surface area contributed by atoms with Crippen molar-refractivity contribution in [3.63, 3.8) is 0 Å². The van der Waals surface area contributed by atoms with Crippen LogP contribution in [0.5, 0.6) is 23.0 Å². The fourth-order valence-electron chi connectivity index (χ4n) is 4.26. The van der Waals surface area contributed by atoms with Gasteiger partial charge in [-0.15, -0.1) is 0 Å². The van der Waals surface area contributed by atoms with Crippen LogP contribution in [0.3, 0.4) is 0 Å². The molecule has 8 nitrogen and oxygen atoms in total. The highest BCUT2D eigenvalue weighted by molar-refractivity contribution is 6.01. The first-order valence-electron chi connectivity index (χ1n) is 12.6. The van der Waals surface area contributed by atoms with Crippen molar-refractivity contribution in [2.24, 2.45) is 5.92 Å². The normalized spacial score (nSPS) is 13.8. The number of nitrogens with one attached hydrogen (secondary N) is 1. The van der Waals surface area contributed by atoms with Crippen molar-refractivity contribution in [1.29, 1.82) is 5.26 Å². The number of esters is 1. The Hall–Kier alpha value is -3.99. The van der Waals surface area contributed by atoms with Gasteiger partial charge in [-0.1, -0.05) is 31.4 Å². The van der Waals surface area contributed by atoms with E-state index < -0.39 is 5.91 Å². The summed E-state index contributed by atoms with van der Waals surface area (Å²) >= 11 is 0. The molecule has 1 saturated carbocycles. The summed E-state index contributed by atoms with van der Waals surface area (Å²) in [5.41, 5.74) is 1.51. The molecule has 0 aromatic heterocycles. The Morgan fingerprint density at radius 3 is 2.41 bits per heavy atom. The summed E-state index contributed by atoms with van der Waals surface area (Å²) in [5, 5.41) is 12.4. The molecule has 2 aromatic rings. The van der Waals surface area contributed by atoms with Crippen LogP contribution in [-0.2, 0) is 16.0 Å². The molecule has 0 bridgehead atoms. The average molecular weight is 507 g/mol. The highest BCUT2D eigenvalue weighted by atomic mass is 16.6. The number of nitrogens with zero attached hydrogens (tertiary/aromatic N) is 1. The van der Waals surface area contributed by atoms with Crippen molar-refractivity contribution in [3.05, 3.63) is 53.1 Å². The van der Waals surface area contributed by atoms with Crippen molar-refractivity contribution in [2.45, 2.75) is 45.4 Å². The van der Waals surface area contributed by atoms with E-state index in [0.29, 0.717) is 48.1 Å². The van der Waals surface area contributed by atoms with E-state index in [9.17, 15) is 14.9 Å². The van der Waals surface area contributed by atoms with Crippen LogP contribution in [0.4, 0.5) is 0 Å². The van der Waals surface area contributed by atoms with E-state index in [4.69, 9.17) is 18.9 Å². The molecule has 2 aromatic carbocycles. The Kier molecular flexibility index (Phi) is 10.4. The lowest BCUT2D eigenvalue weighted by Crippen LogP contribution is -2.26. The van der Waals surface area contributed by atoms with Crippen molar-refractivity contribution in [2.75, 3.05) is 27.4 Å². The van der Waals surface area contributed by atoms with Crippen LogP contribution in [0.15, 0.2) is 42.0 Å². The van der Waals surface area contributed by atoms with Crippen LogP contribution >= 0.6 is 0 Å². The van der Waals surface area contributed by atoms with Crippen LogP contribution in [0, 0.1) is 17.2 Å². The van der Waals surface area contributed by atoms with Crippen LogP contribution in [0.25, 0.3) is 6.08 Å². The number of hydrogen-bond donors (Lipinski definition) is 1. The standard InChI is InChI=1S/C29H34N2O6/c1-4-36-27-18-21(11-13-25(27)37-29(33)22-8-6-5-7-9-22)16-23(19-30)28(32)31-15-14-20-10-12-24(34-2)26(17-20)35-3/h10-13,16-18,22H,4-9,14-15H2,1-3H3,(H,31,32)/b23-16+. The zero-order chi connectivity index (χ0) is 26.6. The highest BCUT2D eigenvalue weighted by Crippen LogP contribution is 2.32. The summed E-state index contributed by atoms with van der Waals surface area (Å²) in [5.74, 6) is 1.17. The zero-order valence-electron chi connectivity index (χ0n) is 21.7. The number of methoxy groups -OCH3 is 2. The summed E-state index contributed by atoms with van der Waals surface area (Å²) in [6.45, 7) is 2.55. The van der Waals surface area contributed by atoms with Gasteiger partial charge in [0.2, 0.25) is 0 Å². The lowest BCUT2D eigenvalue weighted by molar-refractivity contribution is -0.140. The molecule has 0 atom stereocenters. The molecule has 0 saturated heterocycles. The predicted octanol–water partition coefficient (Wildman–Crippen LogP) is 4.85. The summed E-state index contributed by atoms with van der Waals surface area (Å²) in [6.07, 6.45) is 6.96. The van der Waals surface area contributed by atoms with Gasteiger partial charge in [-0.25, -0.2) is 0 Å². The van der Waals surface area contributed by atoms with Crippen molar-refractivity contribution in [1.82, 2.24) is 5.32 Å². The zero-order valence-corrected chi connectivity index (χ0v) is 21.7. The summed E-state index contributed by atoms with van der Waals surface area (Å²) in [6, 6.07) is 12.5. The Morgan fingerprint density at radius 1 is 1.00 bits per heavy atom. The molecule has 1 aliphatic rings. The van der Waals surface area contributed by atoms with E-state index in [1.807, 2.05) is 31.2 Å². The van der Waals surface area contributed by atoms with E-state index in [1.165, 1.54) is 6.08 Å². The molecule has 196 valence electrons. The average Bonchev–Trinajstić information content (AvgIpc) is 2.93. The lowest BCUT2D eigenvalue weighted by atomic mass is 9.89. The third kappa shape index (κ3) is 7.74. The van der Waals surface area contributed by atoms with Crippen LogP contribution < -0.4 is 24.3 Å². The van der Waals surface area contributed by atoms with Gasteiger partial charge in [-0.2, -0.15) is 5.26 Å². The second-order valence-corrected chi connectivity index (χ2v) is 8.76. The largest absolute Gasteiger partial charge is 0.493 e. The Labute approximate surface area is 218 Å². The maximum atomic E-state index is 12.6. The van der Waals surface area contributed by atoms with E-state index in [1.54, 1.807) is 32.4 Å². The summed E-state index contributed by atoms with van der Waals surface area (Å²) in [7, 11) is 3.14. The molecule has 0 aliphatic heterocycles. The number of carbonyl (C=O) groups excluding carboxylic acids is 2. The minimum absolute atomic E-state index is 0.0401. The molecule has 8 heteroatoms. The van der Waals surface area contributed by atoms with Gasteiger partial charge in [-0.3, -0.25) is 9.59 Å². The smallest absolute Gasteiger partial charge is 0.314 e. The van der Waals surface area contributed by atoms with Crippen molar-refractivity contribution < 1.29 is 28.5 Å². The number of carbonyl (C=O) groups is 2. The molecule has 1 fully saturated rings. The third-order valence-corrected chi connectivity index (χ3v) is 6.24. The molecule has 1 amide bonds. The maximum absolute atomic E-state index is 12.6. The Bertz CT molecular complexity index is 1160. The fourth-order valence-corrected chi connectivity index (χ4v) is 4.26. The number of benzene rings is 2. The highest BCUT2D eigenvalue weighted by Gasteiger charge is 2.24. The molecule has 0 unspecified atom stereocenters. The summed E-state index contributed by atoms with van der Waals surface area (Å²) in [4.78, 5) is 25.2. The van der Waals surface area contributed by atoms with Crippen molar-refractivity contribution >= 4 is 18.0 Å². The van der Waals surface area contributed by atoms with Crippen LogP contribution in [-0.4, -0.2) is 39.2 Å². The first kappa shape index (κ1) is 27.6. The first-order valence-corrected chi connectivity index (χ1v) is 12.6. The molecule has 1 aliphatic carbocycles. The molecule has 37 heavy (non-hydrogen) atoms. The third-order valence-electron chi connectivity index (χ3n) is 6.24. The fraction of sp³-hybridized carbons (Fsp3) is 0.414. The first-order chi connectivity index (χ1) is 18.0. The molecular weight excluding hydrogens is 472 g/mol. The minimum atomic E-state index is -0.478. The van der Waals surface area contributed by atoms with E-state index in [2.05, 4.69) is 5.32 Å². The number of rotatable bonds is 11. The van der Waals surface area contributed by atoms with Gasteiger partial charge in [-0.05, 0) is 67.7 Å². The van der Waals surface area contributed by atoms with Gasteiger partial charge < -0.3 is 24.3 Å². The van der Waals surface area contributed by atoms with E-state index >= 15 is 0 Å². The molecule has 3 rings (SSSR count). The second-order valence-electron chi connectivity index (χ2n) is 8.76.